The van der Waals surface area contributed by atoms with Crippen LogP contribution in [0.4, 0.5) is 0 Å². The fourth-order valence-electron chi connectivity index (χ4n) is 2.99. The number of nitrogens with zero attached hydrogens (tertiary/aromatic N) is 2. The molecule has 8 heteroatoms. The summed E-state index contributed by atoms with van der Waals surface area (Å²) in [5.41, 5.74) is 1.48. The van der Waals surface area contributed by atoms with Crippen LogP contribution in [0.15, 0.2) is 28.4 Å². The molecule has 0 atom stereocenters. The second kappa shape index (κ2) is 9.03. The van der Waals surface area contributed by atoms with Crippen LogP contribution in [0.1, 0.15) is 36.2 Å². The van der Waals surface area contributed by atoms with E-state index in [4.69, 9.17) is 4.42 Å². The summed E-state index contributed by atoms with van der Waals surface area (Å²) in [5.74, 6) is 0.961. The number of aromatic nitrogens is 1. The minimum absolute atomic E-state index is 0. The number of halogens is 2. The third kappa shape index (κ3) is 4.97. The van der Waals surface area contributed by atoms with Crippen LogP contribution in [0, 0.1) is 5.92 Å². The first-order valence-corrected chi connectivity index (χ1v) is 9.18. The van der Waals surface area contributed by atoms with E-state index in [1.54, 1.807) is 12.5 Å². The molecule has 138 valence electrons. The van der Waals surface area contributed by atoms with E-state index < -0.39 is 0 Å². The summed E-state index contributed by atoms with van der Waals surface area (Å²) in [4.78, 5) is 19.0. The molecule has 1 N–H and O–H groups in total. The van der Waals surface area contributed by atoms with Crippen LogP contribution in [0.5, 0.6) is 0 Å². The van der Waals surface area contributed by atoms with Crippen LogP contribution >= 0.6 is 36.2 Å². The number of hydrogen-bond donors (Lipinski definition) is 1. The van der Waals surface area contributed by atoms with Crippen molar-refractivity contribution in [2.45, 2.75) is 31.7 Å². The number of nitrogens with one attached hydrogen (secondary N) is 1. The van der Waals surface area contributed by atoms with Gasteiger partial charge in [0.1, 0.15) is 17.0 Å². The third-order valence-corrected chi connectivity index (χ3v) is 5.56. The number of carbonyl (C=O) groups is 1. The van der Waals surface area contributed by atoms with Crippen molar-refractivity contribution >= 4 is 42.1 Å². The molecule has 3 heterocycles. The van der Waals surface area contributed by atoms with Crippen molar-refractivity contribution in [3.8, 4) is 10.6 Å². The highest BCUT2D eigenvalue weighted by Gasteiger charge is 2.27. The lowest BCUT2D eigenvalue weighted by atomic mass is 10.0. The van der Waals surface area contributed by atoms with Crippen molar-refractivity contribution in [2.24, 2.45) is 5.92 Å². The molecule has 4 rings (SSSR count). The number of hydrogen-bond acceptors (Lipinski definition) is 5. The molecule has 25 heavy (non-hydrogen) atoms. The largest absolute Gasteiger partial charge is 0.472 e. The molecule has 0 bridgehead atoms. The van der Waals surface area contributed by atoms with E-state index in [9.17, 15) is 4.79 Å². The first-order chi connectivity index (χ1) is 11.3. The molecule has 1 saturated carbocycles. The number of likely N-dealkylation sites (tertiary alicyclic amines) is 1. The van der Waals surface area contributed by atoms with Gasteiger partial charge in [-0.3, -0.25) is 4.79 Å². The standard InChI is InChI=1S/C17H21N3O2S.2ClH/c21-17(15-11-23-16(19-15)13-5-8-22-10-13)20-6-3-14(4-7-20)18-9-12-1-2-12;;/h5,8,10-12,14,18H,1-4,6-7,9H2;2*1H. The van der Waals surface area contributed by atoms with Gasteiger partial charge in [0.2, 0.25) is 0 Å². The highest BCUT2D eigenvalue weighted by atomic mass is 35.5. The van der Waals surface area contributed by atoms with Crippen molar-refractivity contribution in [1.82, 2.24) is 15.2 Å². The van der Waals surface area contributed by atoms with Crippen LogP contribution in [-0.4, -0.2) is 41.5 Å². The van der Waals surface area contributed by atoms with Crippen molar-refractivity contribution in [2.75, 3.05) is 19.6 Å². The van der Waals surface area contributed by atoms with E-state index in [0.717, 1.165) is 49.0 Å². The average Bonchev–Trinajstić information content (AvgIpc) is 3.04. The molecule has 2 aliphatic rings. The van der Waals surface area contributed by atoms with E-state index in [2.05, 4.69) is 10.3 Å². The van der Waals surface area contributed by atoms with Gasteiger partial charge >= 0.3 is 0 Å². The van der Waals surface area contributed by atoms with Crippen LogP contribution in [0.2, 0.25) is 0 Å². The van der Waals surface area contributed by atoms with Crippen molar-refractivity contribution in [3.05, 3.63) is 29.7 Å². The molecule has 2 aromatic rings. The Bertz CT molecular complexity index is 665. The first-order valence-electron chi connectivity index (χ1n) is 8.30. The highest BCUT2D eigenvalue weighted by Crippen LogP contribution is 2.28. The van der Waals surface area contributed by atoms with Crippen LogP contribution in [-0.2, 0) is 0 Å². The summed E-state index contributed by atoms with van der Waals surface area (Å²) in [6.07, 6.45) is 8.12. The summed E-state index contributed by atoms with van der Waals surface area (Å²) >= 11 is 1.49. The van der Waals surface area contributed by atoms with E-state index in [-0.39, 0.29) is 30.7 Å². The molecule has 1 aliphatic heterocycles. The van der Waals surface area contributed by atoms with Crippen LogP contribution < -0.4 is 5.32 Å². The lowest BCUT2D eigenvalue weighted by Crippen LogP contribution is -2.45. The zero-order valence-corrected chi connectivity index (χ0v) is 16.3. The molecule has 2 aromatic heterocycles. The fourth-order valence-corrected chi connectivity index (χ4v) is 3.77. The number of piperidine rings is 1. The number of rotatable bonds is 5. The Kier molecular flexibility index (Phi) is 7.31. The van der Waals surface area contributed by atoms with Crippen molar-refractivity contribution < 1.29 is 9.21 Å². The number of amides is 1. The summed E-state index contributed by atoms with van der Waals surface area (Å²) in [7, 11) is 0. The quantitative estimate of drug-likeness (QED) is 0.823. The maximum absolute atomic E-state index is 12.6. The lowest BCUT2D eigenvalue weighted by Gasteiger charge is -2.32. The zero-order chi connectivity index (χ0) is 15.6. The SMILES string of the molecule is Cl.Cl.O=C(c1csc(-c2ccoc2)n1)N1CCC(NCC2CC2)CC1. The summed E-state index contributed by atoms with van der Waals surface area (Å²) in [6, 6.07) is 2.43. The number of furan rings is 1. The van der Waals surface area contributed by atoms with Crippen LogP contribution in [0.25, 0.3) is 10.6 Å². The predicted molar refractivity (Wildman–Crippen MR) is 104 cm³/mol. The monoisotopic (exact) mass is 403 g/mol. The van der Waals surface area contributed by atoms with Gasteiger partial charge in [-0.1, -0.05) is 0 Å². The summed E-state index contributed by atoms with van der Waals surface area (Å²) < 4.78 is 5.08. The van der Waals surface area contributed by atoms with Crippen LogP contribution in [0.3, 0.4) is 0 Å². The average molecular weight is 404 g/mol. The van der Waals surface area contributed by atoms with Crippen molar-refractivity contribution in [3.63, 3.8) is 0 Å². The first kappa shape index (κ1) is 20.2. The topological polar surface area (TPSA) is 58.4 Å². The van der Waals surface area contributed by atoms with E-state index in [0.29, 0.717) is 11.7 Å². The molecular formula is C17H23Cl2N3O2S. The Labute approximate surface area is 164 Å². The summed E-state index contributed by atoms with van der Waals surface area (Å²) in [6.45, 7) is 2.79. The normalized spacial score (nSPS) is 17.7. The Balaban J connectivity index is 0.00000113. The fraction of sp³-hybridized carbons (Fsp3) is 0.529. The van der Waals surface area contributed by atoms with Crippen molar-refractivity contribution in [1.29, 1.82) is 0 Å². The van der Waals surface area contributed by atoms with Gasteiger partial charge in [-0.2, -0.15) is 0 Å². The maximum atomic E-state index is 12.6. The maximum Gasteiger partial charge on any atom is 0.273 e. The molecule has 0 radical (unpaired) electrons. The second-order valence-corrected chi connectivity index (χ2v) is 7.33. The summed E-state index contributed by atoms with van der Waals surface area (Å²) in [5, 5.41) is 6.33. The van der Waals surface area contributed by atoms with Gasteiger partial charge in [0.25, 0.3) is 5.91 Å². The molecular weight excluding hydrogens is 381 g/mol. The van der Waals surface area contributed by atoms with Gasteiger partial charge < -0.3 is 14.6 Å². The lowest BCUT2D eigenvalue weighted by molar-refractivity contribution is 0.0700. The number of thiazole rings is 1. The number of carbonyl (C=O) groups excluding carboxylic acids is 1. The highest BCUT2D eigenvalue weighted by molar-refractivity contribution is 7.13. The Morgan fingerprint density at radius 1 is 1.28 bits per heavy atom. The molecule has 1 amide bonds. The molecule has 0 spiro atoms. The van der Waals surface area contributed by atoms with Gasteiger partial charge in [0.05, 0.1) is 6.26 Å². The van der Waals surface area contributed by atoms with E-state index in [1.165, 1.54) is 24.2 Å². The Hall–Kier alpha value is -1.08. The Morgan fingerprint density at radius 2 is 2.04 bits per heavy atom. The van der Waals surface area contributed by atoms with Gasteiger partial charge in [0, 0.05) is 30.1 Å². The molecule has 1 saturated heterocycles. The van der Waals surface area contributed by atoms with E-state index >= 15 is 0 Å². The molecule has 0 unspecified atom stereocenters. The predicted octanol–water partition coefficient (Wildman–Crippen LogP) is 3.85. The van der Waals surface area contributed by atoms with Gasteiger partial charge in [-0.25, -0.2) is 4.98 Å². The third-order valence-electron chi connectivity index (χ3n) is 4.67. The van der Waals surface area contributed by atoms with E-state index in [1.807, 2.05) is 16.3 Å². The second-order valence-electron chi connectivity index (χ2n) is 6.47. The molecule has 0 aromatic carbocycles. The van der Waals surface area contributed by atoms with Gasteiger partial charge in [-0.05, 0) is 44.2 Å². The Morgan fingerprint density at radius 3 is 2.68 bits per heavy atom. The van der Waals surface area contributed by atoms with Gasteiger partial charge in [0.15, 0.2) is 0 Å². The molecule has 5 nitrogen and oxygen atoms in total. The minimum Gasteiger partial charge on any atom is -0.472 e. The molecule has 2 fully saturated rings. The zero-order valence-electron chi connectivity index (χ0n) is 13.8. The minimum atomic E-state index is 0. The van der Waals surface area contributed by atoms with Gasteiger partial charge in [-0.15, -0.1) is 36.2 Å². The molecule has 1 aliphatic carbocycles. The smallest absolute Gasteiger partial charge is 0.273 e.